The number of fused-ring (bicyclic) bond motifs is 1. The summed E-state index contributed by atoms with van der Waals surface area (Å²) in [6, 6.07) is 17.7. The zero-order chi connectivity index (χ0) is 24.5. The molecule has 0 aliphatic heterocycles. The first-order valence-electron chi connectivity index (χ1n) is 11.5. The van der Waals surface area contributed by atoms with Crippen molar-refractivity contribution in [3.05, 3.63) is 99.7 Å². The van der Waals surface area contributed by atoms with Gasteiger partial charge in [-0.05, 0) is 72.4 Å². The van der Waals surface area contributed by atoms with Crippen LogP contribution in [0.1, 0.15) is 42.0 Å². The van der Waals surface area contributed by atoms with E-state index in [9.17, 15) is 4.79 Å². The van der Waals surface area contributed by atoms with Crippen molar-refractivity contribution in [2.24, 2.45) is 0 Å². The fraction of sp³-hybridized carbons (Fsp3) is 0.214. The van der Waals surface area contributed by atoms with Crippen molar-refractivity contribution < 1.29 is 4.42 Å². The summed E-state index contributed by atoms with van der Waals surface area (Å²) in [4.78, 5) is 16.6. The summed E-state index contributed by atoms with van der Waals surface area (Å²) in [6.07, 6.45) is 3.53. The zero-order valence-electron chi connectivity index (χ0n) is 20.1. The third-order valence-corrected chi connectivity index (χ3v) is 7.08. The van der Waals surface area contributed by atoms with Gasteiger partial charge in [0.15, 0.2) is 11.0 Å². The summed E-state index contributed by atoms with van der Waals surface area (Å²) < 4.78 is 7.60. The van der Waals surface area contributed by atoms with Gasteiger partial charge in [-0.2, -0.15) is 0 Å². The molecule has 6 nitrogen and oxygen atoms in total. The second-order valence-corrected chi connectivity index (χ2v) is 9.85. The molecule has 0 N–H and O–H groups in total. The number of aromatic nitrogens is 4. The van der Waals surface area contributed by atoms with Crippen LogP contribution in [0.5, 0.6) is 0 Å². The minimum atomic E-state index is -0.346. The maximum Gasteiger partial charge on any atom is 0.336 e. The van der Waals surface area contributed by atoms with E-state index in [1.54, 1.807) is 30.2 Å². The predicted octanol–water partition coefficient (Wildman–Crippen LogP) is 6.47. The number of thioether (sulfide) groups is 1. The highest BCUT2D eigenvalue weighted by Crippen LogP contribution is 2.33. The molecule has 3 aromatic heterocycles. The van der Waals surface area contributed by atoms with Crippen molar-refractivity contribution in [2.75, 3.05) is 0 Å². The average Bonchev–Trinajstić information content (AvgIpc) is 3.26. The monoisotopic (exact) mass is 482 g/mol. The Bertz CT molecular complexity index is 1570. The molecule has 35 heavy (non-hydrogen) atoms. The number of hydrogen-bond acceptors (Lipinski definition) is 6. The Morgan fingerprint density at radius 3 is 2.57 bits per heavy atom. The van der Waals surface area contributed by atoms with Crippen LogP contribution in [-0.2, 0) is 5.75 Å². The van der Waals surface area contributed by atoms with E-state index in [0.29, 0.717) is 17.3 Å². The van der Waals surface area contributed by atoms with Gasteiger partial charge in [0.25, 0.3) is 0 Å². The van der Waals surface area contributed by atoms with Crippen LogP contribution in [0.4, 0.5) is 0 Å². The van der Waals surface area contributed by atoms with Crippen molar-refractivity contribution in [3.8, 4) is 17.1 Å². The molecule has 0 aliphatic rings. The quantitative estimate of drug-likeness (QED) is 0.204. The minimum Gasteiger partial charge on any atom is -0.423 e. The molecule has 5 aromatic rings. The van der Waals surface area contributed by atoms with Gasteiger partial charge in [-0.15, -0.1) is 10.2 Å². The van der Waals surface area contributed by atoms with E-state index in [4.69, 9.17) is 4.42 Å². The number of hydrogen-bond donors (Lipinski definition) is 0. The SMILES string of the molecule is Cc1cc2oc(=O)cc(CSc3nnc(-c4cccnc4)n3-c3ccccc3C)c2cc1C(C)C. The molecule has 0 unspecified atom stereocenters. The molecule has 7 heteroatoms. The maximum absolute atomic E-state index is 12.4. The Morgan fingerprint density at radius 2 is 1.83 bits per heavy atom. The lowest BCUT2D eigenvalue weighted by Gasteiger charge is -2.14. The summed E-state index contributed by atoms with van der Waals surface area (Å²) in [6.45, 7) is 8.47. The van der Waals surface area contributed by atoms with E-state index in [1.807, 2.05) is 30.3 Å². The van der Waals surface area contributed by atoms with E-state index < -0.39 is 0 Å². The van der Waals surface area contributed by atoms with Crippen molar-refractivity contribution in [3.63, 3.8) is 0 Å². The fourth-order valence-corrected chi connectivity index (χ4v) is 5.29. The Kier molecular flexibility index (Phi) is 6.26. The second kappa shape index (κ2) is 9.50. The number of para-hydroxylation sites is 1. The standard InChI is InChI=1S/C28H26N4O2S/c1-17(2)22-14-23-21(13-26(33)34-25(23)12-19(22)4)16-35-28-31-30-27(20-9-7-11-29-15-20)32(28)24-10-6-5-8-18(24)3/h5-15,17H,16H2,1-4H3. The van der Waals surface area contributed by atoms with Gasteiger partial charge in [0.2, 0.25) is 0 Å². The molecule has 2 aromatic carbocycles. The molecule has 0 saturated heterocycles. The first-order chi connectivity index (χ1) is 16.9. The average molecular weight is 483 g/mol. The van der Waals surface area contributed by atoms with Crippen LogP contribution >= 0.6 is 11.8 Å². The van der Waals surface area contributed by atoms with E-state index >= 15 is 0 Å². The maximum atomic E-state index is 12.4. The third-order valence-electron chi connectivity index (χ3n) is 6.11. The van der Waals surface area contributed by atoms with E-state index in [1.165, 1.54) is 5.56 Å². The van der Waals surface area contributed by atoms with Gasteiger partial charge in [0, 0.05) is 35.2 Å². The van der Waals surface area contributed by atoms with Gasteiger partial charge in [0.1, 0.15) is 5.58 Å². The van der Waals surface area contributed by atoms with Crippen molar-refractivity contribution in [1.29, 1.82) is 0 Å². The normalized spacial score (nSPS) is 11.5. The highest BCUT2D eigenvalue weighted by atomic mass is 32.2. The van der Waals surface area contributed by atoms with Gasteiger partial charge < -0.3 is 4.42 Å². The van der Waals surface area contributed by atoms with E-state index in [2.05, 4.69) is 65.6 Å². The smallest absolute Gasteiger partial charge is 0.336 e. The predicted molar refractivity (Wildman–Crippen MR) is 140 cm³/mol. The topological polar surface area (TPSA) is 73.8 Å². The van der Waals surface area contributed by atoms with Crippen LogP contribution < -0.4 is 5.63 Å². The third kappa shape index (κ3) is 4.51. The van der Waals surface area contributed by atoms with E-state index in [0.717, 1.165) is 44.3 Å². The van der Waals surface area contributed by atoms with Crippen LogP contribution in [0.25, 0.3) is 28.0 Å². The Labute approximate surface area is 208 Å². The highest BCUT2D eigenvalue weighted by Gasteiger charge is 2.19. The Balaban J connectivity index is 1.59. The van der Waals surface area contributed by atoms with Crippen LogP contribution in [0.3, 0.4) is 0 Å². The highest BCUT2D eigenvalue weighted by molar-refractivity contribution is 7.98. The molecule has 3 heterocycles. The van der Waals surface area contributed by atoms with Gasteiger partial charge in [0.05, 0.1) is 5.69 Å². The van der Waals surface area contributed by atoms with Crippen LogP contribution in [0, 0.1) is 13.8 Å². The molecule has 5 rings (SSSR count). The van der Waals surface area contributed by atoms with Crippen LogP contribution in [0.2, 0.25) is 0 Å². The molecule has 0 spiro atoms. The molecule has 0 radical (unpaired) electrons. The summed E-state index contributed by atoms with van der Waals surface area (Å²) >= 11 is 1.55. The molecule has 0 fully saturated rings. The Morgan fingerprint density at radius 1 is 1.00 bits per heavy atom. The summed E-state index contributed by atoms with van der Waals surface area (Å²) in [5.41, 5.74) is 6.58. The molecular weight excluding hydrogens is 456 g/mol. The Hall–Kier alpha value is -3.71. The van der Waals surface area contributed by atoms with Gasteiger partial charge in [-0.3, -0.25) is 9.55 Å². The molecule has 0 saturated carbocycles. The van der Waals surface area contributed by atoms with Gasteiger partial charge in [-0.1, -0.05) is 43.8 Å². The number of pyridine rings is 1. The number of benzene rings is 2. The minimum absolute atomic E-state index is 0.346. The fourth-order valence-electron chi connectivity index (χ4n) is 4.35. The number of nitrogens with zero attached hydrogens (tertiary/aromatic N) is 4. The summed E-state index contributed by atoms with van der Waals surface area (Å²) in [5, 5.41) is 10.8. The van der Waals surface area contributed by atoms with Crippen molar-refractivity contribution in [1.82, 2.24) is 19.7 Å². The number of rotatable bonds is 6. The van der Waals surface area contributed by atoms with Crippen molar-refractivity contribution >= 4 is 22.7 Å². The molecule has 0 atom stereocenters. The van der Waals surface area contributed by atoms with Crippen LogP contribution in [-0.4, -0.2) is 19.7 Å². The molecule has 0 amide bonds. The molecular formula is C28H26N4O2S. The molecule has 0 aliphatic carbocycles. The lowest BCUT2D eigenvalue weighted by molar-refractivity contribution is 0.559. The van der Waals surface area contributed by atoms with Gasteiger partial charge >= 0.3 is 5.63 Å². The summed E-state index contributed by atoms with van der Waals surface area (Å²) in [5.74, 6) is 1.66. The molecule has 176 valence electrons. The first-order valence-corrected chi connectivity index (χ1v) is 12.5. The zero-order valence-corrected chi connectivity index (χ0v) is 21.0. The lowest BCUT2D eigenvalue weighted by Crippen LogP contribution is -2.04. The largest absolute Gasteiger partial charge is 0.423 e. The van der Waals surface area contributed by atoms with E-state index in [-0.39, 0.29) is 5.63 Å². The first kappa shape index (κ1) is 23.1. The second-order valence-electron chi connectivity index (χ2n) is 8.91. The van der Waals surface area contributed by atoms with Gasteiger partial charge in [-0.25, -0.2) is 4.79 Å². The summed E-state index contributed by atoms with van der Waals surface area (Å²) in [7, 11) is 0. The lowest BCUT2D eigenvalue weighted by atomic mass is 9.95. The van der Waals surface area contributed by atoms with Crippen LogP contribution in [0.15, 0.2) is 81.4 Å². The number of aryl methyl sites for hydroxylation is 2. The molecule has 0 bridgehead atoms. The van der Waals surface area contributed by atoms with Crippen molar-refractivity contribution in [2.45, 2.75) is 44.5 Å².